The maximum Gasteiger partial charge on any atom is 0.235 e. The highest BCUT2D eigenvalue weighted by Gasteiger charge is 2.24. The van der Waals surface area contributed by atoms with Gasteiger partial charge in [0.25, 0.3) is 0 Å². The number of para-hydroxylation sites is 1. The van der Waals surface area contributed by atoms with Crippen molar-refractivity contribution in [1.82, 2.24) is 14.5 Å². The largest absolute Gasteiger partial charge is 0.456 e. The molecule has 0 radical (unpaired) electrons. The molecule has 3 heterocycles. The van der Waals surface area contributed by atoms with Gasteiger partial charge in [0.15, 0.2) is 0 Å². The Hall–Kier alpha value is -7.56. The summed E-state index contributed by atoms with van der Waals surface area (Å²) in [6.45, 7) is 0. The standard InChI is InChI=1S/C52H29N3O/c1-3-14-32-30(12-1)25-28-42-48(32)50(40-21-11-23-45-46(40)39-20-9-10-22-44(39)56-45)54-52(53-42)55-43-29-27-38-36-18-6-5-16-34(36)35-17-7-8-19-37(35)47(38)49(43)41-26-24-31-13-2-4-15-33(31)51(41)55/h1-29H. The van der Waals surface area contributed by atoms with Crippen molar-refractivity contribution in [1.29, 1.82) is 0 Å². The first-order valence-corrected chi connectivity index (χ1v) is 19.1. The van der Waals surface area contributed by atoms with Crippen molar-refractivity contribution >= 4 is 109 Å². The SMILES string of the molecule is c1ccc2c(c1)ccc1nc(-n3c4ccc5c6ccccc6c6ccccc6c5c4c4ccc5ccccc5c43)nc(-c3cccc4oc5ccccc5c34)c12. The fraction of sp³-hybridized carbons (Fsp3) is 0. The summed E-state index contributed by atoms with van der Waals surface area (Å²) < 4.78 is 8.76. The summed E-state index contributed by atoms with van der Waals surface area (Å²) in [6.07, 6.45) is 0. The van der Waals surface area contributed by atoms with Crippen LogP contribution in [0.25, 0.3) is 126 Å². The average molecular weight is 712 g/mol. The predicted molar refractivity (Wildman–Crippen MR) is 234 cm³/mol. The Bertz CT molecular complexity index is 3800. The van der Waals surface area contributed by atoms with E-state index in [2.05, 4.69) is 168 Å². The molecule has 4 heteroatoms. The summed E-state index contributed by atoms with van der Waals surface area (Å²) in [5.41, 5.74) is 6.66. The highest BCUT2D eigenvalue weighted by molar-refractivity contribution is 6.36. The zero-order valence-electron chi connectivity index (χ0n) is 30.0. The van der Waals surface area contributed by atoms with Crippen LogP contribution in [-0.4, -0.2) is 14.5 Å². The van der Waals surface area contributed by atoms with Crippen molar-refractivity contribution in [2.24, 2.45) is 0 Å². The van der Waals surface area contributed by atoms with E-state index in [4.69, 9.17) is 14.4 Å². The van der Waals surface area contributed by atoms with Gasteiger partial charge >= 0.3 is 0 Å². The maximum atomic E-state index is 6.44. The molecule has 10 aromatic carbocycles. The third kappa shape index (κ3) is 3.92. The maximum absolute atomic E-state index is 6.44. The van der Waals surface area contributed by atoms with E-state index in [-0.39, 0.29) is 0 Å². The average Bonchev–Trinajstić information content (AvgIpc) is 3.82. The summed E-state index contributed by atoms with van der Waals surface area (Å²) in [6, 6.07) is 62.9. The monoisotopic (exact) mass is 711 g/mol. The number of hydrogen-bond acceptors (Lipinski definition) is 3. The van der Waals surface area contributed by atoms with Crippen LogP contribution in [0.2, 0.25) is 0 Å². The molecule has 3 aromatic heterocycles. The van der Waals surface area contributed by atoms with Gasteiger partial charge < -0.3 is 4.42 Å². The number of rotatable bonds is 2. The van der Waals surface area contributed by atoms with Gasteiger partial charge in [-0.3, -0.25) is 4.57 Å². The van der Waals surface area contributed by atoms with Crippen molar-refractivity contribution in [3.63, 3.8) is 0 Å². The third-order valence-electron chi connectivity index (χ3n) is 12.0. The minimum absolute atomic E-state index is 0.633. The van der Waals surface area contributed by atoms with Gasteiger partial charge in [0.05, 0.1) is 22.2 Å². The van der Waals surface area contributed by atoms with Crippen molar-refractivity contribution in [3.05, 3.63) is 176 Å². The lowest BCUT2D eigenvalue weighted by molar-refractivity contribution is 0.669. The lowest BCUT2D eigenvalue weighted by Gasteiger charge is -2.15. The van der Waals surface area contributed by atoms with E-state index >= 15 is 0 Å². The molecule has 0 aliphatic rings. The summed E-state index contributed by atoms with van der Waals surface area (Å²) in [7, 11) is 0. The van der Waals surface area contributed by atoms with E-state index in [1.807, 2.05) is 12.1 Å². The van der Waals surface area contributed by atoms with E-state index < -0.39 is 0 Å². The van der Waals surface area contributed by atoms with E-state index in [9.17, 15) is 0 Å². The van der Waals surface area contributed by atoms with Gasteiger partial charge in [-0.1, -0.05) is 152 Å². The van der Waals surface area contributed by atoms with Gasteiger partial charge in [-0.05, 0) is 67.4 Å². The molecule has 0 bridgehead atoms. The number of hydrogen-bond donors (Lipinski definition) is 0. The summed E-state index contributed by atoms with van der Waals surface area (Å²) >= 11 is 0. The summed E-state index contributed by atoms with van der Waals surface area (Å²) in [4.78, 5) is 11.2. The molecule has 0 atom stereocenters. The molecule has 0 spiro atoms. The Kier molecular flexibility index (Phi) is 5.86. The van der Waals surface area contributed by atoms with Crippen molar-refractivity contribution in [2.75, 3.05) is 0 Å². The molecule has 13 rings (SSSR count). The van der Waals surface area contributed by atoms with Crippen molar-refractivity contribution < 1.29 is 4.42 Å². The predicted octanol–water partition coefficient (Wildman–Crippen LogP) is 14.1. The van der Waals surface area contributed by atoms with Crippen LogP contribution in [0.5, 0.6) is 0 Å². The topological polar surface area (TPSA) is 43.9 Å². The van der Waals surface area contributed by atoms with Gasteiger partial charge in [-0.15, -0.1) is 0 Å². The van der Waals surface area contributed by atoms with Crippen molar-refractivity contribution in [2.45, 2.75) is 0 Å². The van der Waals surface area contributed by atoms with Crippen LogP contribution in [0.1, 0.15) is 0 Å². The number of aromatic nitrogens is 3. The second-order valence-electron chi connectivity index (χ2n) is 14.8. The summed E-state index contributed by atoms with van der Waals surface area (Å²) in [5.74, 6) is 0.633. The second-order valence-corrected chi connectivity index (χ2v) is 14.8. The number of furan rings is 1. The first-order chi connectivity index (χ1) is 27.8. The van der Waals surface area contributed by atoms with E-state index in [1.165, 1.54) is 48.5 Å². The van der Waals surface area contributed by atoms with Crippen LogP contribution in [0.15, 0.2) is 180 Å². The highest BCUT2D eigenvalue weighted by atomic mass is 16.3. The van der Waals surface area contributed by atoms with E-state index in [0.717, 1.165) is 71.3 Å². The Morgan fingerprint density at radius 3 is 1.75 bits per heavy atom. The van der Waals surface area contributed by atoms with Gasteiger partial charge in [-0.2, -0.15) is 0 Å². The first-order valence-electron chi connectivity index (χ1n) is 19.1. The highest BCUT2D eigenvalue weighted by Crippen LogP contribution is 2.46. The van der Waals surface area contributed by atoms with Crippen molar-refractivity contribution in [3.8, 4) is 17.2 Å². The number of nitrogens with zero attached hydrogens (tertiary/aromatic N) is 3. The lowest BCUT2D eigenvalue weighted by atomic mass is 9.91. The van der Waals surface area contributed by atoms with E-state index in [1.54, 1.807) is 0 Å². The molecule has 0 saturated carbocycles. The van der Waals surface area contributed by atoms with Crippen LogP contribution in [0, 0.1) is 0 Å². The first kappa shape index (κ1) is 29.8. The van der Waals surface area contributed by atoms with Gasteiger partial charge in [0.1, 0.15) is 11.2 Å². The van der Waals surface area contributed by atoms with E-state index in [0.29, 0.717) is 5.95 Å². The normalized spacial score (nSPS) is 12.3. The zero-order valence-corrected chi connectivity index (χ0v) is 30.0. The fourth-order valence-corrected chi connectivity index (χ4v) is 9.63. The molecular weight excluding hydrogens is 683 g/mol. The van der Waals surface area contributed by atoms with Crippen LogP contribution in [0.4, 0.5) is 0 Å². The van der Waals surface area contributed by atoms with Gasteiger partial charge in [0.2, 0.25) is 5.95 Å². The Morgan fingerprint density at radius 1 is 0.357 bits per heavy atom. The number of benzene rings is 10. The minimum atomic E-state index is 0.633. The van der Waals surface area contributed by atoms with Gasteiger partial charge in [0, 0.05) is 43.3 Å². The minimum Gasteiger partial charge on any atom is -0.456 e. The van der Waals surface area contributed by atoms with Crippen LogP contribution in [-0.2, 0) is 0 Å². The van der Waals surface area contributed by atoms with Crippen LogP contribution < -0.4 is 0 Å². The molecule has 0 aliphatic heterocycles. The molecular formula is C52H29N3O. The molecule has 258 valence electrons. The molecule has 0 aliphatic carbocycles. The Labute approximate surface area is 319 Å². The molecule has 0 N–H and O–H groups in total. The van der Waals surface area contributed by atoms with Gasteiger partial charge in [-0.25, -0.2) is 9.97 Å². The fourth-order valence-electron chi connectivity index (χ4n) is 9.63. The second kappa shape index (κ2) is 11.0. The molecule has 4 nitrogen and oxygen atoms in total. The molecule has 0 amide bonds. The van der Waals surface area contributed by atoms with Crippen LogP contribution in [0.3, 0.4) is 0 Å². The smallest absolute Gasteiger partial charge is 0.235 e. The third-order valence-corrected chi connectivity index (χ3v) is 12.0. The van der Waals surface area contributed by atoms with Crippen LogP contribution >= 0.6 is 0 Å². The zero-order chi connectivity index (χ0) is 36.5. The molecule has 0 unspecified atom stereocenters. The lowest BCUT2D eigenvalue weighted by Crippen LogP contribution is -2.04. The molecule has 56 heavy (non-hydrogen) atoms. The molecule has 0 fully saturated rings. The summed E-state index contributed by atoms with van der Waals surface area (Å²) in [5, 5.41) is 17.6. The molecule has 0 saturated heterocycles. The number of fused-ring (bicyclic) bond motifs is 18. The Morgan fingerprint density at radius 2 is 0.946 bits per heavy atom. The molecule has 13 aromatic rings. The quantitative estimate of drug-likeness (QED) is 0.168. The Balaban J connectivity index is 1.25.